The molecule has 2 fully saturated rings. The van der Waals surface area contributed by atoms with Crippen LogP contribution in [0.3, 0.4) is 0 Å². The molecule has 23 heteroatoms. The van der Waals surface area contributed by atoms with Crippen LogP contribution in [0, 0.1) is 11.7 Å². The normalized spacial score (nSPS) is 16.6. The highest BCUT2D eigenvalue weighted by atomic mass is 19.1. The van der Waals surface area contributed by atoms with Crippen LogP contribution in [0.25, 0.3) is 21.8 Å². The number of para-hydroxylation sites is 2. The molecule has 0 spiro atoms. The smallest absolute Gasteiger partial charge is 0.246 e. The summed E-state index contributed by atoms with van der Waals surface area (Å²) in [5.74, 6) is -5.32. The van der Waals surface area contributed by atoms with Gasteiger partial charge in [0, 0.05) is 86.1 Å². The number of phenols is 1. The van der Waals surface area contributed by atoms with Crippen LogP contribution in [0.1, 0.15) is 94.4 Å². The van der Waals surface area contributed by atoms with Gasteiger partial charge >= 0.3 is 0 Å². The van der Waals surface area contributed by atoms with E-state index in [9.17, 15) is 38.3 Å². The van der Waals surface area contributed by atoms with E-state index in [1.165, 1.54) is 34.1 Å². The molecule has 4 heterocycles. The number of nitrogens with zero attached hydrogens (tertiary/aromatic N) is 3. The van der Waals surface area contributed by atoms with E-state index < -0.39 is 89.5 Å². The second kappa shape index (κ2) is 30.2. The number of nitrogens with one attached hydrogen (secondary N) is 8. The minimum absolute atomic E-state index is 0.00278. The van der Waals surface area contributed by atoms with Crippen LogP contribution in [0.15, 0.2) is 114 Å². The monoisotopic (exact) mass is 1190 g/mol. The number of carbonyl (C=O) groups excluding carboxylic acids is 8. The predicted molar refractivity (Wildman–Crippen MR) is 328 cm³/mol. The summed E-state index contributed by atoms with van der Waals surface area (Å²) < 4.78 is 13.7. The highest BCUT2D eigenvalue weighted by molar-refractivity contribution is 5.99. The zero-order valence-corrected chi connectivity index (χ0v) is 49.4. The molecule has 8 amide bonds. The first-order valence-electron chi connectivity index (χ1n) is 29.9. The Bertz CT molecular complexity index is 3420. The van der Waals surface area contributed by atoms with Crippen LogP contribution in [0.4, 0.5) is 4.39 Å². The molecule has 22 nitrogen and oxygen atoms in total. The number of H-pyrrole nitrogens is 2. The molecule has 0 aliphatic carbocycles. The van der Waals surface area contributed by atoms with Gasteiger partial charge in [0.15, 0.2) is 5.96 Å². The first kappa shape index (κ1) is 63.7. The summed E-state index contributed by atoms with van der Waals surface area (Å²) in [4.78, 5) is 129. The van der Waals surface area contributed by atoms with Gasteiger partial charge in [0.1, 0.15) is 53.9 Å². The summed E-state index contributed by atoms with van der Waals surface area (Å²) in [6, 6.07) is 18.8. The number of aromatic hydroxyl groups is 1. The fourth-order valence-corrected chi connectivity index (χ4v) is 11.5. The van der Waals surface area contributed by atoms with E-state index in [1.807, 2.05) is 62.4 Å². The Labute approximate surface area is 504 Å². The quantitative estimate of drug-likeness (QED) is 0.0191. The lowest BCUT2D eigenvalue weighted by atomic mass is 9.99. The Hall–Kier alpha value is -9.28. The zero-order chi connectivity index (χ0) is 62.1. The molecule has 0 unspecified atom stereocenters. The van der Waals surface area contributed by atoms with Gasteiger partial charge < -0.3 is 68.2 Å². The molecule has 6 aromatic rings. The van der Waals surface area contributed by atoms with Gasteiger partial charge in [0.25, 0.3) is 0 Å². The molecule has 7 atom stereocenters. The summed E-state index contributed by atoms with van der Waals surface area (Å²) in [5, 5.41) is 29.2. The molecule has 0 radical (unpaired) electrons. The van der Waals surface area contributed by atoms with Crippen LogP contribution in [0.2, 0.25) is 0 Å². The van der Waals surface area contributed by atoms with Gasteiger partial charge in [0.2, 0.25) is 47.3 Å². The third kappa shape index (κ3) is 17.2. The fraction of sp³-hybridized carbons (Fsp3) is 0.422. The van der Waals surface area contributed by atoms with E-state index in [4.69, 9.17) is 11.5 Å². The van der Waals surface area contributed by atoms with Gasteiger partial charge in [-0.3, -0.25) is 43.3 Å². The lowest BCUT2D eigenvalue weighted by Crippen LogP contribution is -2.60. The largest absolute Gasteiger partial charge is 0.508 e. The second-order valence-corrected chi connectivity index (χ2v) is 22.8. The summed E-state index contributed by atoms with van der Waals surface area (Å²) in [5.41, 5.74) is 15.5. The van der Waals surface area contributed by atoms with Crippen molar-refractivity contribution in [3.05, 3.63) is 138 Å². The van der Waals surface area contributed by atoms with Crippen molar-refractivity contribution in [2.24, 2.45) is 22.4 Å². The first-order valence-corrected chi connectivity index (χ1v) is 29.9. The molecular weight excluding hydrogens is 1110 g/mol. The number of halogens is 1. The van der Waals surface area contributed by atoms with Crippen molar-refractivity contribution in [2.75, 3.05) is 26.2 Å². The third-order valence-electron chi connectivity index (χ3n) is 16.0. The van der Waals surface area contributed by atoms with Crippen molar-refractivity contribution in [2.45, 2.75) is 140 Å². The number of aliphatic imine (C=N–C) groups is 1. The van der Waals surface area contributed by atoms with E-state index in [-0.39, 0.29) is 94.4 Å². The molecule has 2 aliphatic heterocycles. The number of benzene rings is 4. The molecule has 2 aromatic heterocycles. The highest BCUT2D eigenvalue weighted by Crippen LogP contribution is 2.26. The van der Waals surface area contributed by atoms with Crippen LogP contribution >= 0.6 is 0 Å². The number of phenolic OH excluding ortho intramolecular Hbond substituents is 1. The third-order valence-corrected chi connectivity index (χ3v) is 16.0. The van der Waals surface area contributed by atoms with Crippen molar-refractivity contribution in [1.29, 1.82) is 0 Å². The first-order chi connectivity index (χ1) is 41.8. The Morgan fingerprint density at radius 2 is 1.15 bits per heavy atom. The number of hydrogen-bond acceptors (Lipinski definition) is 10. The Kier molecular flexibility index (Phi) is 22.1. The van der Waals surface area contributed by atoms with Crippen LogP contribution in [-0.2, 0) is 64.0 Å². The maximum absolute atomic E-state index is 15.1. The van der Waals surface area contributed by atoms with E-state index >= 15 is 9.59 Å². The second-order valence-electron chi connectivity index (χ2n) is 22.8. The highest BCUT2D eigenvalue weighted by Gasteiger charge is 2.41. The van der Waals surface area contributed by atoms with Gasteiger partial charge in [0.05, 0.1) is 0 Å². The SMILES string of the molecule is CCNC(=O)[C@@H]1CCCN1C(=O)[C@H](CCCN=C(N)N)NC(=O)[C@H](CC(C)C)NC(=O)[C@@H](Cc1c[nH]c2ccccc12)NC(=O)[C@H](Cc1ccc(O)cc1)NC(=O)[C@@H]1CCCN1C(=O)[C@@H](Cc1c[nH]c2ccccc12)NC(=O)CCc1ccc(F)cc1. The number of aromatic amines is 2. The molecular formula is C64H80FN13O9. The molecule has 0 bridgehead atoms. The number of likely N-dealkylation sites (N-methyl/N-ethyl adjacent to an activating group) is 1. The minimum Gasteiger partial charge on any atom is -0.508 e. The summed E-state index contributed by atoms with van der Waals surface area (Å²) >= 11 is 0. The Balaban J connectivity index is 1.05. The molecule has 8 rings (SSSR count). The fourth-order valence-electron chi connectivity index (χ4n) is 11.5. The number of carbonyl (C=O) groups is 8. The number of aryl methyl sites for hydroxylation is 1. The van der Waals surface area contributed by atoms with Crippen molar-refractivity contribution >= 4 is 75.0 Å². The van der Waals surface area contributed by atoms with Crippen LogP contribution < -0.4 is 43.4 Å². The Morgan fingerprint density at radius 3 is 1.74 bits per heavy atom. The summed E-state index contributed by atoms with van der Waals surface area (Å²) in [7, 11) is 0. The molecule has 462 valence electrons. The van der Waals surface area contributed by atoms with Crippen LogP contribution in [-0.4, -0.2) is 147 Å². The molecule has 13 N–H and O–H groups in total. The Morgan fingerprint density at radius 1 is 0.632 bits per heavy atom. The molecule has 0 saturated carbocycles. The number of nitrogens with two attached hydrogens (primary N) is 2. The maximum Gasteiger partial charge on any atom is 0.246 e. The summed E-state index contributed by atoms with van der Waals surface area (Å²) in [6.45, 7) is 6.50. The minimum atomic E-state index is -1.38. The number of amides is 8. The van der Waals surface area contributed by atoms with Crippen molar-refractivity contribution in [3.8, 4) is 5.75 Å². The molecule has 2 aliphatic rings. The number of rotatable bonds is 28. The van der Waals surface area contributed by atoms with Gasteiger partial charge in [-0.1, -0.05) is 74.5 Å². The van der Waals surface area contributed by atoms with E-state index in [1.54, 1.807) is 43.6 Å². The molecule has 2 saturated heterocycles. The number of hydrogen-bond donors (Lipinski definition) is 11. The number of guanidine groups is 1. The standard InChI is InChI=1S/C64H80FN13O9/c1-4-68-60(84)54-17-10-30-77(54)62(86)49(16-9-29-69-64(66)67)73-57(81)50(32-38(2)3)74-59(83)52(34-41-36-70-47-14-7-5-12-45(41)47)75-58(82)51(33-40-21-26-44(79)27-22-40)76-61(85)55-18-11-31-78(55)63(87)53(35-42-37-71-48-15-8-6-13-46(42)48)72-56(80)28-23-39-19-24-43(65)25-20-39/h5-8,12-15,19-22,24-27,36-38,49-55,70-71,79H,4,9-11,16-18,23,28-35H2,1-3H3,(H,68,84)(H,72,80)(H,73,81)(H,74,83)(H,75,82)(H,76,85)(H4,66,67,69)/t49-,50-,51-,52+,53+,54-,55-/m0/s1. The lowest BCUT2D eigenvalue weighted by molar-refractivity contribution is -0.142. The average Bonchev–Trinajstić information content (AvgIpc) is 2.82. The predicted octanol–water partition coefficient (Wildman–Crippen LogP) is 3.80. The van der Waals surface area contributed by atoms with Gasteiger partial charge in [-0.15, -0.1) is 0 Å². The molecule has 87 heavy (non-hydrogen) atoms. The van der Waals surface area contributed by atoms with Gasteiger partial charge in [-0.2, -0.15) is 0 Å². The zero-order valence-electron chi connectivity index (χ0n) is 49.4. The number of aromatic nitrogens is 2. The number of fused-ring (bicyclic) bond motifs is 2. The van der Waals surface area contributed by atoms with E-state index in [2.05, 4.69) is 46.9 Å². The topological polar surface area (TPSA) is 331 Å². The number of likely N-dealkylation sites (tertiary alicyclic amines) is 2. The average molecular weight is 1190 g/mol. The van der Waals surface area contributed by atoms with E-state index in [0.29, 0.717) is 43.5 Å². The lowest BCUT2D eigenvalue weighted by Gasteiger charge is -2.31. The van der Waals surface area contributed by atoms with Crippen LogP contribution in [0.5, 0.6) is 5.75 Å². The van der Waals surface area contributed by atoms with Crippen molar-refractivity contribution < 1.29 is 47.9 Å². The summed E-state index contributed by atoms with van der Waals surface area (Å²) in [6.07, 6.45) is 5.84. The molecule has 4 aromatic carbocycles. The van der Waals surface area contributed by atoms with Crippen molar-refractivity contribution in [3.63, 3.8) is 0 Å². The van der Waals surface area contributed by atoms with Crippen molar-refractivity contribution in [1.82, 2.24) is 51.7 Å². The maximum atomic E-state index is 15.1. The van der Waals surface area contributed by atoms with E-state index in [0.717, 1.165) is 32.9 Å². The van der Waals surface area contributed by atoms with Gasteiger partial charge in [-0.25, -0.2) is 4.39 Å². The van der Waals surface area contributed by atoms with Gasteiger partial charge in [-0.05, 0) is 123 Å².